The zero-order chi connectivity index (χ0) is 14.0. The molecule has 6 heteroatoms. The van der Waals surface area contributed by atoms with Gasteiger partial charge in [-0.2, -0.15) is 9.40 Å². The van der Waals surface area contributed by atoms with Crippen LogP contribution in [0.1, 0.15) is 11.1 Å². The smallest absolute Gasteiger partial charge is 0.243 e. The molecule has 0 N–H and O–H groups in total. The van der Waals surface area contributed by atoms with Crippen LogP contribution in [0.15, 0.2) is 41.6 Å². The molecule has 0 saturated heterocycles. The number of aromatic nitrogens is 2. The molecular weight excluding hydrogens is 262 g/mol. The molecule has 0 spiro atoms. The topological polar surface area (TPSA) is 55.2 Å². The largest absolute Gasteiger partial charge is 0.275 e. The zero-order valence-electron chi connectivity index (χ0n) is 11.2. The molecule has 0 aliphatic heterocycles. The van der Waals surface area contributed by atoms with Crippen LogP contribution in [0.4, 0.5) is 0 Å². The van der Waals surface area contributed by atoms with Crippen LogP contribution in [0.25, 0.3) is 0 Å². The van der Waals surface area contributed by atoms with Gasteiger partial charge in [0.1, 0.15) is 0 Å². The van der Waals surface area contributed by atoms with Crippen molar-refractivity contribution in [1.82, 2.24) is 14.1 Å². The van der Waals surface area contributed by atoms with E-state index in [-0.39, 0.29) is 0 Å². The third-order valence-electron chi connectivity index (χ3n) is 2.86. The lowest BCUT2D eigenvalue weighted by Crippen LogP contribution is -2.26. The molecule has 102 valence electrons. The van der Waals surface area contributed by atoms with Crippen molar-refractivity contribution in [2.45, 2.75) is 18.4 Å². The Morgan fingerprint density at radius 1 is 1.37 bits per heavy atom. The molecule has 1 heterocycles. The maximum atomic E-state index is 12.4. The first-order chi connectivity index (χ1) is 8.89. The number of aryl methyl sites for hydroxylation is 2. The first kappa shape index (κ1) is 13.8. The van der Waals surface area contributed by atoms with Crippen LogP contribution in [-0.2, 0) is 23.6 Å². The molecule has 5 nitrogen and oxygen atoms in total. The van der Waals surface area contributed by atoms with Crippen LogP contribution in [0.2, 0.25) is 0 Å². The summed E-state index contributed by atoms with van der Waals surface area (Å²) in [4.78, 5) is 0.318. The molecule has 1 aromatic carbocycles. The van der Waals surface area contributed by atoms with E-state index in [0.717, 1.165) is 11.1 Å². The Morgan fingerprint density at radius 2 is 2.11 bits per heavy atom. The summed E-state index contributed by atoms with van der Waals surface area (Å²) < 4.78 is 27.8. The quantitative estimate of drug-likeness (QED) is 0.853. The molecule has 0 amide bonds. The van der Waals surface area contributed by atoms with Crippen molar-refractivity contribution >= 4 is 10.0 Å². The SMILES string of the molecule is Cc1cccc(S(=O)(=O)N(C)Cc2cnn(C)c2)c1. The monoisotopic (exact) mass is 279 g/mol. The van der Waals surface area contributed by atoms with E-state index in [1.165, 1.54) is 4.31 Å². The van der Waals surface area contributed by atoms with Crippen LogP contribution < -0.4 is 0 Å². The Hall–Kier alpha value is -1.66. The maximum Gasteiger partial charge on any atom is 0.243 e. The predicted molar refractivity (Wildman–Crippen MR) is 73.0 cm³/mol. The van der Waals surface area contributed by atoms with Crippen molar-refractivity contribution < 1.29 is 8.42 Å². The molecular formula is C13H17N3O2S. The summed E-state index contributed by atoms with van der Waals surface area (Å²) in [6.07, 6.45) is 3.48. The highest BCUT2D eigenvalue weighted by Gasteiger charge is 2.21. The number of benzene rings is 1. The summed E-state index contributed by atoms with van der Waals surface area (Å²) in [6, 6.07) is 6.91. The van der Waals surface area contributed by atoms with E-state index in [4.69, 9.17) is 0 Å². The van der Waals surface area contributed by atoms with Gasteiger partial charge in [-0.1, -0.05) is 12.1 Å². The number of sulfonamides is 1. The third-order valence-corrected chi connectivity index (χ3v) is 4.66. The Kier molecular flexibility index (Phi) is 3.73. The van der Waals surface area contributed by atoms with E-state index in [9.17, 15) is 8.42 Å². The van der Waals surface area contributed by atoms with Crippen molar-refractivity contribution in [1.29, 1.82) is 0 Å². The van der Waals surface area contributed by atoms with E-state index >= 15 is 0 Å². The van der Waals surface area contributed by atoms with Crippen LogP contribution in [0, 0.1) is 6.92 Å². The van der Waals surface area contributed by atoms with Crippen LogP contribution in [0.5, 0.6) is 0 Å². The molecule has 0 unspecified atom stereocenters. The highest BCUT2D eigenvalue weighted by molar-refractivity contribution is 7.89. The lowest BCUT2D eigenvalue weighted by atomic mass is 10.2. The van der Waals surface area contributed by atoms with Gasteiger partial charge in [0.05, 0.1) is 11.1 Å². The second kappa shape index (κ2) is 5.14. The first-order valence-electron chi connectivity index (χ1n) is 5.90. The minimum atomic E-state index is -3.45. The number of rotatable bonds is 4. The van der Waals surface area contributed by atoms with E-state index < -0.39 is 10.0 Å². The normalized spacial score (nSPS) is 12.0. The maximum absolute atomic E-state index is 12.4. The van der Waals surface area contributed by atoms with E-state index in [0.29, 0.717) is 11.4 Å². The molecule has 19 heavy (non-hydrogen) atoms. The summed E-state index contributed by atoms with van der Waals surface area (Å²) in [5.41, 5.74) is 1.79. The van der Waals surface area contributed by atoms with E-state index in [2.05, 4.69) is 5.10 Å². The van der Waals surface area contributed by atoms with E-state index in [1.54, 1.807) is 43.2 Å². The summed E-state index contributed by atoms with van der Waals surface area (Å²) in [5.74, 6) is 0. The van der Waals surface area contributed by atoms with E-state index in [1.807, 2.05) is 19.2 Å². The van der Waals surface area contributed by atoms with Gasteiger partial charge in [-0.05, 0) is 24.6 Å². The first-order valence-corrected chi connectivity index (χ1v) is 7.34. The second-order valence-electron chi connectivity index (χ2n) is 4.60. The number of hydrogen-bond donors (Lipinski definition) is 0. The predicted octanol–water partition coefficient (Wildman–Crippen LogP) is 1.55. The number of nitrogens with zero attached hydrogens (tertiary/aromatic N) is 3. The van der Waals surface area contributed by atoms with Gasteiger partial charge < -0.3 is 0 Å². The van der Waals surface area contributed by atoms with Gasteiger partial charge in [0.2, 0.25) is 10.0 Å². The van der Waals surface area contributed by atoms with Gasteiger partial charge in [-0.25, -0.2) is 8.42 Å². The fraction of sp³-hybridized carbons (Fsp3) is 0.308. The van der Waals surface area contributed by atoms with Gasteiger partial charge in [0.25, 0.3) is 0 Å². The molecule has 0 fully saturated rings. The van der Waals surface area contributed by atoms with Gasteiger partial charge >= 0.3 is 0 Å². The number of hydrogen-bond acceptors (Lipinski definition) is 3. The average molecular weight is 279 g/mol. The second-order valence-corrected chi connectivity index (χ2v) is 6.64. The van der Waals surface area contributed by atoms with Crippen molar-refractivity contribution in [2.75, 3.05) is 7.05 Å². The molecule has 0 aliphatic carbocycles. The van der Waals surface area contributed by atoms with Crippen LogP contribution in [0.3, 0.4) is 0 Å². The van der Waals surface area contributed by atoms with Crippen molar-refractivity contribution in [3.63, 3.8) is 0 Å². The Morgan fingerprint density at radius 3 is 2.68 bits per heavy atom. The molecule has 0 radical (unpaired) electrons. The Bertz CT molecular complexity index is 677. The standard InChI is InChI=1S/C13H17N3O2S/c1-11-5-4-6-13(7-11)19(17,18)16(3)10-12-8-14-15(2)9-12/h4-9H,10H2,1-3H3. The lowest BCUT2D eigenvalue weighted by Gasteiger charge is -2.16. The molecule has 2 rings (SSSR count). The van der Waals surface area contributed by atoms with Gasteiger partial charge in [-0.15, -0.1) is 0 Å². The Labute approximate surface area is 113 Å². The van der Waals surface area contributed by atoms with Crippen molar-refractivity contribution in [2.24, 2.45) is 7.05 Å². The van der Waals surface area contributed by atoms with Crippen molar-refractivity contribution in [3.8, 4) is 0 Å². The van der Waals surface area contributed by atoms with Gasteiger partial charge in [0, 0.05) is 32.4 Å². The summed E-state index contributed by atoms with van der Waals surface area (Å²) in [7, 11) is -0.0759. The minimum absolute atomic E-state index is 0.310. The van der Waals surface area contributed by atoms with Gasteiger partial charge in [-0.3, -0.25) is 4.68 Å². The minimum Gasteiger partial charge on any atom is -0.275 e. The Balaban J connectivity index is 2.24. The third kappa shape index (κ3) is 3.02. The summed E-state index contributed by atoms with van der Waals surface area (Å²) in [5, 5.41) is 4.03. The fourth-order valence-corrected chi connectivity index (χ4v) is 3.12. The van der Waals surface area contributed by atoms with Crippen LogP contribution in [-0.4, -0.2) is 29.6 Å². The summed E-state index contributed by atoms with van der Waals surface area (Å²) in [6.45, 7) is 2.18. The molecule has 0 bridgehead atoms. The fourth-order valence-electron chi connectivity index (χ4n) is 1.85. The highest BCUT2D eigenvalue weighted by Crippen LogP contribution is 2.17. The molecule has 1 aromatic heterocycles. The molecule has 0 saturated carbocycles. The lowest BCUT2D eigenvalue weighted by molar-refractivity contribution is 0.466. The molecule has 2 aromatic rings. The zero-order valence-corrected chi connectivity index (χ0v) is 12.1. The average Bonchev–Trinajstić information content (AvgIpc) is 2.74. The van der Waals surface area contributed by atoms with Crippen LogP contribution >= 0.6 is 0 Å². The van der Waals surface area contributed by atoms with Crippen molar-refractivity contribution in [3.05, 3.63) is 47.8 Å². The molecule has 0 aliphatic rings. The molecule has 0 atom stereocenters. The van der Waals surface area contributed by atoms with Gasteiger partial charge in [0.15, 0.2) is 0 Å². The summed E-state index contributed by atoms with van der Waals surface area (Å²) >= 11 is 0. The highest BCUT2D eigenvalue weighted by atomic mass is 32.2.